The second-order valence-electron chi connectivity index (χ2n) is 7.67. The average molecular weight is 472 g/mol. The van der Waals surface area contributed by atoms with Crippen molar-refractivity contribution in [3.8, 4) is 0 Å². The summed E-state index contributed by atoms with van der Waals surface area (Å²) < 4.78 is 28.9. The van der Waals surface area contributed by atoms with E-state index >= 15 is 0 Å². The van der Waals surface area contributed by atoms with Crippen LogP contribution >= 0.6 is 22.9 Å². The number of nitrogens with zero attached hydrogens (tertiary/aromatic N) is 1. The zero-order chi connectivity index (χ0) is 22.9. The fourth-order valence-electron chi connectivity index (χ4n) is 4.31. The second kappa shape index (κ2) is 8.96. The third-order valence-corrected chi connectivity index (χ3v) is 7.03. The standard InChI is InChI=1S/C25H20ClF2NO2S/c1-29(24(31)22-20(27)11-4-12-21(22)28)25(18-9-2-3-10-19(18)26)13-5-7-16(23(25)30)15-17-8-6-14-32-17/h2-4,6,8-12,14-15H,5,7,13H2,1H3/b16-15-/t25-/m0/s1. The van der Waals surface area contributed by atoms with Crippen LogP contribution in [0.3, 0.4) is 0 Å². The number of rotatable bonds is 4. The van der Waals surface area contributed by atoms with Gasteiger partial charge < -0.3 is 4.90 Å². The van der Waals surface area contributed by atoms with Crippen LogP contribution in [-0.2, 0) is 10.3 Å². The minimum Gasteiger partial charge on any atom is -0.324 e. The van der Waals surface area contributed by atoms with Gasteiger partial charge in [0.1, 0.15) is 22.7 Å². The number of carbonyl (C=O) groups is 2. The number of halogens is 3. The molecule has 0 radical (unpaired) electrons. The molecule has 1 aliphatic rings. The molecule has 0 spiro atoms. The monoisotopic (exact) mass is 471 g/mol. The molecular weight excluding hydrogens is 452 g/mol. The molecule has 1 saturated carbocycles. The molecule has 0 bridgehead atoms. The summed E-state index contributed by atoms with van der Waals surface area (Å²) in [6.45, 7) is 0. The first-order valence-corrected chi connectivity index (χ1v) is 11.4. The van der Waals surface area contributed by atoms with E-state index in [1.807, 2.05) is 23.6 Å². The maximum atomic E-state index is 14.5. The van der Waals surface area contributed by atoms with Gasteiger partial charge in [-0.1, -0.05) is 41.9 Å². The van der Waals surface area contributed by atoms with Gasteiger partial charge in [0.2, 0.25) is 0 Å². The van der Waals surface area contributed by atoms with Crippen molar-refractivity contribution in [1.82, 2.24) is 4.90 Å². The van der Waals surface area contributed by atoms with Crippen LogP contribution in [0.1, 0.15) is 40.1 Å². The number of ketones is 1. The highest BCUT2D eigenvalue weighted by Crippen LogP contribution is 2.45. The fourth-order valence-corrected chi connectivity index (χ4v) is 5.28. The molecule has 1 amide bonds. The van der Waals surface area contributed by atoms with Gasteiger partial charge >= 0.3 is 0 Å². The summed E-state index contributed by atoms with van der Waals surface area (Å²) >= 11 is 8.00. The smallest absolute Gasteiger partial charge is 0.260 e. The van der Waals surface area contributed by atoms with Crippen LogP contribution < -0.4 is 0 Å². The summed E-state index contributed by atoms with van der Waals surface area (Å²) in [7, 11) is 1.41. The van der Waals surface area contributed by atoms with E-state index in [2.05, 4.69) is 0 Å². The van der Waals surface area contributed by atoms with Crippen molar-refractivity contribution in [2.24, 2.45) is 0 Å². The molecule has 1 heterocycles. The Morgan fingerprint density at radius 2 is 1.81 bits per heavy atom. The number of thiophene rings is 1. The third kappa shape index (κ3) is 3.78. The predicted molar refractivity (Wildman–Crippen MR) is 123 cm³/mol. The Morgan fingerprint density at radius 1 is 1.09 bits per heavy atom. The third-order valence-electron chi connectivity index (χ3n) is 5.88. The van der Waals surface area contributed by atoms with Crippen molar-refractivity contribution in [1.29, 1.82) is 0 Å². The molecule has 164 valence electrons. The summed E-state index contributed by atoms with van der Waals surface area (Å²) in [5.41, 5.74) is -1.18. The Bertz CT molecular complexity index is 1190. The van der Waals surface area contributed by atoms with E-state index in [1.54, 1.807) is 24.3 Å². The number of Topliss-reactive ketones (excluding diaryl/α,β-unsaturated/α-hetero) is 1. The van der Waals surface area contributed by atoms with Crippen LogP contribution in [0.2, 0.25) is 5.02 Å². The van der Waals surface area contributed by atoms with Crippen LogP contribution in [0.15, 0.2) is 65.6 Å². The minimum absolute atomic E-state index is 0.287. The Labute approximate surface area is 193 Å². The topological polar surface area (TPSA) is 37.4 Å². The van der Waals surface area contributed by atoms with Gasteiger partial charge in [-0.05, 0) is 60.6 Å². The normalized spacial score (nSPS) is 19.9. The Morgan fingerprint density at radius 3 is 2.47 bits per heavy atom. The lowest BCUT2D eigenvalue weighted by Crippen LogP contribution is -2.55. The Kier molecular flexibility index (Phi) is 6.26. The van der Waals surface area contributed by atoms with E-state index in [9.17, 15) is 18.4 Å². The Balaban J connectivity index is 1.89. The number of hydrogen-bond acceptors (Lipinski definition) is 3. The Hall–Kier alpha value is -2.83. The molecule has 3 nitrogen and oxygen atoms in total. The first-order valence-electron chi connectivity index (χ1n) is 10.1. The highest BCUT2D eigenvalue weighted by molar-refractivity contribution is 7.10. The van der Waals surface area contributed by atoms with Crippen LogP contribution in [-0.4, -0.2) is 23.6 Å². The molecular formula is C25H20ClF2NO2S. The van der Waals surface area contributed by atoms with Crippen molar-refractivity contribution < 1.29 is 18.4 Å². The molecule has 0 N–H and O–H groups in total. The van der Waals surface area contributed by atoms with Gasteiger partial charge in [0.05, 0.1) is 0 Å². The van der Waals surface area contributed by atoms with Crippen molar-refractivity contribution in [2.75, 3.05) is 7.05 Å². The van der Waals surface area contributed by atoms with E-state index in [0.29, 0.717) is 29.0 Å². The molecule has 4 rings (SSSR count). The van der Waals surface area contributed by atoms with E-state index in [0.717, 1.165) is 21.9 Å². The van der Waals surface area contributed by atoms with Crippen molar-refractivity contribution in [3.05, 3.63) is 98.2 Å². The summed E-state index contributed by atoms with van der Waals surface area (Å²) in [6.07, 6.45) is 3.25. The molecule has 1 aliphatic carbocycles. The largest absolute Gasteiger partial charge is 0.324 e. The maximum Gasteiger partial charge on any atom is 0.260 e. The number of carbonyl (C=O) groups excluding carboxylic acids is 2. The van der Waals surface area contributed by atoms with Gasteiger partial charge in [-0.25, -0.2) is 8.78 Å². The molecule has 32 heavy (non-hydrogen) atoms. The quantitative estimate of drug-likeness (QED) is 0.408. The van der Waals surface area contributed by atoms with Crippen molar-refractivity contribution >= 4 is 40.7 Å². The molecule has 7 heteroatoms. The first kappa shape index (κ1) is 22.4. The lowest BCUT2D eigenvalue weighted by molar-refractivity contribution is -0.128. The minimum atomic E-state index is -1.48. The summed E-state index contributed by atoms with van der Waals surface area (Å²) in [5.74, 6) is -3.16. The lowest BCUT2D eigenvalue weighted by atomic mass is 9.71. The SMILES string of the molecule is CN(C(=O)c1c(F)cccc1F)[C@]1(c2ccccc2Cl)CCC/C(=C/c2cccs2)C1=O. The number of hydrogen-bond donors (Lipinski definition) is 0. The van der Waals surface area contributed by atoms with Crippen LogP contribution in [0.4, 0.5) is 8.78 Å². The number of amides is 1. The summed E-state index contributed by atoms with van der Waals surface area (Å²) in [5, 5.41) is 2.23. The zero-order valence-corrected chi connectivity index (χ0v) is 18.9. The molecule has 0 saturated heterocycles. The second-order valence-corrected chi connectivity index (χ2v) is 9.06. The van der Waals surface area contributed by atoms with Gasteiger partial charge in [-0.3, -0.25) is 9.59 Å². The number of likely N-dealkylation sites (N-methyl/N-ethyl adjacent to an activating group) is 1. The van der Waals surface area contributed by atoms with Gasteiger partial charge in [0.25, 0.3) is 5.91 Å². The predicted octanol–water partition coefficient (Wildman–Crippen LogP) is 6.48. The first-order chi connectivity index (χ1) is 15.4. The van der Waals surface area contributed by atoms with Crippen LogP contribution in [0.5, 0.6) is 0 Å². The summed E-state index contributed by atoms with van der Waals surface area (Å²) in [4.78, 5) is 29.4. The highest BCUT2D eigenvalue weighted by atomic mass is 35.5. The summed E-state index contributed by atoms with van der Waals surface area (Å²) in [6, 6.07) is 13.8. The average Bonchev–Trinajstić information content (AvgIpc) is 3.28. The molecule has 3 aromatic rings. The van der Waals surface area contributed by atoms with Gasteiger partial charge in [0.15, 0.2) is 5.78 Å². The van der Waals surface area contributed by atoms with Crippen LogP contribution in [0.25, 0.3) is 6.08 Å². The van der Waals surface area contributed by atoms with Gasteiger partial charge in [0, 0.05) is 22.5 Å². The van der Waals surface area contributed by atoms with E-state index < -0.39 is 28.6 Å². The van der Waals surface area contributed by atoms with E-state index in [4.69, 9.17) is 11.6 Å². The lowest BCUT2D eigenvalue weighted by Gasteiger charge is -2.44. The van der Waals surface area contributed by atoms with E-state index in [-0.39, 0.29) is 12.2 Å². The molecule has 0 aliphatic heterocycles. The van der Waals surface area contributed by atoms with Gasteiger partial charge in [-0.2, -0.15) is 0 Å². The molecule has 1 atom stereocenters. The van der Waals surface area contributed by atoms with Gasteiger partial charge in [-0.15, -0.1) is 11.3 Å². The van der Waals surface area contributed by atoms with Crippen molar-refractivity contribution in [3.63, 3.8) is 0 Å². The molecule has 1 fully saturated rings. The fraction of sp³-hybridized carbons (Fsp3) is 0.200. The van der Waals surface area contributed by atoms with Crippen molar-refractivity contribution in [2.45, 2.75) is 24.8 Å². The van der Waals surface area contributed by atoms with E-state index in [1.165, 1.54) is 24.5 Å². The number of benzene rings is 2. The van der Waals surface area contributed by atoms with Crippen LogP contribution in [0, 0.1) is 11.6 Å². The molecule has 1 aromatic heterocycles. The molecule has 2 aromatic carbocycles. The molecule has 0 unspecified atom stereocenters. The zero-order valence-electron chi connectivity index (χ0n) is 17.3. The maximum absolute atomic E-state index is 14.5. The highest BCUT2D eigenvalue weighted by Gasteiger charge is 2.50.